The van der Waals surface area contributed by atoms with Crippen molar-refractivity contribution in [1.29, 1.82) is 0 Å². The Morgan fingerprint density at radius 2 is 2.22 bits per heavy atom. The van der Waals surface area contributed by atoms with E-state index in [0.29, 0.717) is 11.7 Å². The van der Waals surface area contributed by atoms with Crippen LogP contribution in [0.2, 0.25) is 0 Å². The molecule has 2 bridgehead atoms. The van der Waals surface area contributed by atoms with Gasteiger partial charge in [-0.2, -0.15) is 5.10 Å². The van der Waals surface area contributed by atoms with Crippen LogP contribution in [0.5, 0.6) is 5.75 Å². The number of hydrogen-bond donors (Lipinski definition) is 1. The Balaban J connectivity index is 1.57. The van der Waals surface area contributed by atoms with Crippen LogP contribution in [0.4, 0.5) is 4.39 Å². The molecule has 5 heteroatoms. The number of carbonyl (C=O) groups excluding carboxylic acids is 1. The average molecular weight is 318 g/mol. The molecule has 2 fully saturated rings. The quantitative estimate of drug-likeness (QED) is 0.864. The monoisotopic (exact) mass is 318 g/mol. The number of nitrogens with one attached hydrogen (secondary N) is 1. The van der Waals surface area contributed by atoms with Gasteiger partial charge in [-0.25, -0.2) is 9.82 Å². The first-order chi connectivity index (χ1) is 10.8. The van der Waals surface area contributed by atoms with E-state index in [1.165, 1.54) is 18.6 Å². The maximum atomic E-state index is 13.0. The highest BCUT2D eigenvalue weighted by Gasteiger charge is 2.59. The first kappa shape index (κ1) is 16.0. The molecule has 0 unspecified atom stereocenters. The zero-order valence-electron chi connectivity index (χ0n) is 13.9. The second-order valence-electron chi connectivity index (χ2n) is 7.33. The van der Waals surface area contributed by atoms with E-state index in [1.54, 1.807) is 12.1 Å². The van der Waals surface area contributed by atoms with E-state index in [9.17, 15) is 9.18 Å². The van der Waals surface area contributed by atoms with Gasteiger partial charge >= 0.3 is 0 Å². The maximum Gasteiger partial charge on any atom is 0.277 e. The molecule has 4 nitrogen and oxygen atoms in total. The summed E-state index contributed by atoms with van der Waals surface area (Å²) in [6, 6.07) is 5.73. The number of rotatable bonds is 4. The lowest BCUT2D eigenvalue weighted by Crippen LogP contribution is -2.35. The van der Waals surface area contributed by atoms with Crippen molar-refractivity contribution in [1.82, 2.24) is 5.43 Å². The summed E-state index contributed by atoms with van der Waals surface area (Å²) in [5.41, 5.74) is 3.96. The zero-order chi connectivity index (χ0) is 16.7. The molecule has 0 aromatic heterocycles. The number of benzene rings is 1. The molecule has 0 saturated heterocycles. The summed E-state index contributed by atoms with van der Waals surface area (Å²) in [4.78, 5) is 11.9. The summed E-state index contributed by atoms with van der Waals surface area (Å²) in [5, 5.41) is 4.37. The van der Waals surface area contributed by atoms with Crippen LogP contribution in [0.3, 0.4) is 0 Å². The predicted octanol–water partition coefficient (Wildman–Crippen LogP) is 3.52. The van der Waals surface area contributed by atoms with Gasteiger partial charge < -0.3 is 4.74 Å². The molecular weight excluding hydrogens is 295 g/mol. The van der Waals surface area contributed by atoms with Gasteiger partial charge in [0.2, 0.25) is 0 Å². The fraction of sp³-hybridized carbons (Fsp3) is 0.556. The SMILES string of the molecule is CC1(C)[C@@H]2CC[C@@]1(C)/C(=N/NC(=O)COc1cccc(F)c1)C2. The molecule has 1 aromatic carbocycles. The van der Waals surface area contributed by atoms with Crippen molar-refractivity contribution in [3.05, 3.63) is 30.1 Å². The van der Waals surface area contributed by atoms with E-state index < -0.39 is 0 Å². The number of carbonyl (C=O) groups is 1. The van der Waals surface area contributed by atoms with Gasteiger partial charge in [0.05, 0.1) is 0 Å². The number of ether oxygens (including phenoxy) is 1. The van der Waals surface area contributed by atoms with E-state index >= 15 is 0 Å². The third kappa shape index (κ3) is 2.73. The van der Waals surface area contributed by atoms with Crippen LogP contribution in [-0.4, -0.2) is 18.2 Å². The molecule has 124 valence electrons. The van der Waals surface area contributed by atoms with Crippen molar-refractivity contribution >= 4 is 11.6 Å². The van der Waals surface area contributed by atoms with Gasteiger partial charge in [-0.1, -0.05) is 26.8 Å². The van der Waals surface area contributed by atoms with E-state index in [4.69, 9.17) is 4.74 Å². The Labute approximate surface area is 136 Å². The molecule has 3 rings (SSSR count). The standard InChI is InChI=1S/C18H23FN2O2/c1-17(2)12-7-8-18(17,3)15(9-12)20-21-16(22)11-23-14-6-4-5-13(19)10-14/h4-6,10,12H,7-9,11H2,1-3H3,(H,21,22)/b20-15+/t12-,18+/m1/s1. The highest BCUT2D eigenvalue weighted by molar-refractivity contribution is 5.95. The number of amides is 1. The van der Waals surface area contributed by atoms with Crippen molar-refractivity contribution in [2.24, 2.45) is 21.8 Å². The summed E-state index contributed by atoms with van der Waals surface area (Å²) in [6.45, 7) is 6.65. The predicted molar refractivity (Wildman–Crippen MR) is 86.7 cm³/mol. The molecule has 0 radical (unpaired) electrons. The molecule has 2 aliphatic carbocycles. The molecule has 1 amide bonds. The molecule has 2 aliphatic rings. The highest BCUT2D eigenvalue weighted by atomic mass is 19.1. The lowest BCUT2D eigenvalue weighted by Gasteiger charge is -2.34. The third-order valence-electron chi connectivity index (χ3n) is 5.99. The van der Waals surface area contributed by atoms with E-state index in [0.717, 1.165) is 18.6 Å². The fourth-order valence-corrected chi connectivity index (χ4v) is 3.97. The van der Waals surface area contributed by atoms with Crippen LogP contribution in [0.1, 0.15) is 40.0 Å². The van der Waals surface area contributed by atoms with Gasteiger partial charge in [-0.05, 0) is 42.7 Å². The first-order valence-electron chi connectivity index (χ1n) is 8.07. The normalized spacial score (nSPS) is 29.7. The molecule has 0 aliphatic heterocycles. The van der Waals surface area contributed by atoms with Crippen LogP contribution in [0.15, 0.2) is 29.4 Å². The number of hydrogen-bond acceptors (Lipinski definition) is 3. The fourth-order valence-electron chi connectivity index (χ4n) is 3.97. The zero-order valence-corrected chi connectivity index (χ0v) is 13.9. The Hall–Kier alpha value is -1.91. The summed E-state index contributed by atoms with van der Waals surface area (Å²) in [7, 11) is 0. The second kappa shape index (κ2) is 5.62. The summed E-state index contributed by atoms with van der Waals surface area (Å²) >= 11 is 0. The number of nitrogens with zero attached hydrogens (tertiary/aromatic N) is 1. The van der Waals surface area contributed by atoms with E-state index in [-0.39, 0.29) is 29.2 Å². The van der Waals surface area contributed by atoms with Gasteiger partial charge in [0.15, 0.2) is 6.61 Å². The van der Waals surface area contributed by atoms with E-state index in [2.05, 4.69) is 31.3 Å². The van der Waals surface area contributed by atoms with E-state index in [1.807, 2.05) is 0 Å². The smallest absolute Gasteiger partial charge is 0.277 e. The van der Waals surface area contributed by atoms with Gasteiger partial charge in [-0.3, -0.25) is 4.79 Å². The molecule has 2 atom stereocenters. The second-order valence-corrected chi connectivity index (χ2v) is 7.33. The Morgan fingerprint density at radius 3 is 2.83 bits per heavy atom. The third-order valence-corrected chi connectivity index (χ3v) is 5.99. The highest BCUT2D eigenvalue weighted by Crippen LogP contribution is 2.63. The summed E-state index contributed by atoms with van der Waals surface area (Å²) in [5.74, 6) is 0.263. The van der Waals surface area contributed by atoms with Crippen LogP contribution in [-0.2, 0) is 4.79 Å². The van der Waals surface area contributed by atoms with Crippen molar-refractivity contribution in [2.75, 3.05) is 6.61 Å². The summed E-state index contributed by atoms with van der Waals surface area (Å²) in [6.07, 6.45) is 3.31. The Kier molecular flexibility index (Phi) is 3.90. The van der Waals surface area contributed by atoms with Gasteiger partial charge in [0, 0.05) is 17.2 Å². The van der Waals surface area contributed by atoms with Gasteiger partial charge in [0.1, 0.15) is 11.6 Å². The Bertz CT molecular complexity index is 656. The number of hydrazone groups is 1. The average Bonchev–Trinajstić information content (AvgIpc) is 2.84. The maximum absolute atomic E-state index is 13.0. The van der Waals surface area contributed by atoms with Gasteiger partial charge in [-0.15, -0.1) is 0 Å². The molecule has 2 saturated carbocycles. The molecule has 1 N–H and O–H groups in total. The topological polar surface area (TPSA) is 50.7 Å². The molecule has 0 heterocycles. The minimum absolute atomic E-state index is 0.0639. The minimum atomic E-state index is -0.389. The first-order valence-corrected chi connectivity index (χ1v) is 8.07. The largest absolute Gasteiger partial charge is 0.484 e. The van der Waals surface area contributed by atoms with Crippen molar-refractivity contribution in [3.8, 4) is 5.75 Å². The molecule has 0 spiro atoms. The number of fused-ring (bicyclic) bond motifs is 2. The van der Waals surface area contributed by atoms with Crippen molar-refractivity contribution in [3.63, 3.8) is 0 Å². The summed E-state index contributed by atoms with van der Waals surface area (Å²) < 4.78 is 18.3. The van der Waals surface area contributed by atoms with Crippen molar-refractivity contribution < 1.29 is 13.9 Å². The van der Waals surface area contributed by atoms with Crippen LogP contribution in [0, 0.1) is 22.6 Å². The molecule has 23 heavy (non-hydrogen) atoms. The van der Waals surface area contributed by atoms with Crippen LogP contribution < -0.4 is 10.2 Å². The lowest BCUT2D eigenvalue weighted by molar-refractivity contribution is -0.123. The Morgan fingerprint density at radius 1 is 1.43 bits per heavy atom. The molecular formula is C18H23FN2O2. The molecule has 1 aromatic rings. The number of halogens is 1. The van der Waals surface area contributed by atoms with Crippen molar-refractivity contribution in [2.45, 2.75) is 40.0 Å². The van der Waals surface area contributed by atoms with Crippen LogP contribution in [0.25, 0.3) is 0 Å². The van der Waals surface area contributed by atoms with Crippen LogP contribution >= 0.6 is 0 Å². The van der Waals surface area contributed by atoms with Gasteiger partial charge in [0.25, 0.3) is 5.91 Å². The minimum Gasteiger partial charge on any atom is -0.484 e. The lowest BCUT2D eigenvalue weighted by atomic mass is 9.70.